The molecule has 0 heterocycles. The number of aliphatic carboxylic acids is 2. The van der Waals surface area contributed by atoms with E-state index in [1.165, 1.54) is 0 Å². The largest absolute Gasteiger partial charge is 2.00 e. The first-order valence-electron chi connectivity index (χ1n) is 9.79. The van der Waals surface area contributed by atoms with E-state index in [2.05, 4.69) is 10.6 Å². The molecule has 0 saturated heterocycles. The van der Waals surface area contributed by atoms with Crippen LogP contribution < -0.4 is 10.6 Å². The van der Waals surface area contributed by atoms with Crippen molar-refractivity contribution in [3.05, 3.63) is 63.2 Å². The van der Waals surface area contributed by atoms with Gasteiger partial charge in [-0.15, -0.1) is 0 Å². The molecule has 172 valence electrons. The summed E-state index contributed by atoms with van der Waals surface area (Å²) < 4.78 is 0. The van der Waals surface area contributed by atoms with Crippen LogP contribution in [0.15, 0.2) is 0 Å². The number of carboxylic acid groups (broad SMARTS) is 2. The maximum atomic E-state index is 10.9. The van der Waals surface area contributed by atoms with Crippen molar-refractivity contribution in [3.8, 4) is 0 Å². The minimum absolute atomic E-state index is 0. The summed E-state index contributed by atoms with van der Waals surface area (Å²) in [6.45, 7) is 1.25. The number of carbonyl (C=O) groups is 2. The number of nitrogens with one attached hydrogen (secondary N) is 2. The first kappa shape index (κ1) is 31.1. The molecule has 2 fully saturated rings. The Kier molecular flexibility index (Phi) is 19.6. The summed E-state index contributed by atoms with van der Waals surface area (Å²) in [6, 6.07) is -0.875. The Morgan fingerprint density at radius 1 is 0.774 bits per heavy atom. The van der Waals surface area contributed by atoms with Crippen LogP contribution in [-0.4, -0.2) is 71.3 Å². The van der Waals surface area contributed by atoms with Crippen molar-refractivity contribution in [3.63, 3.8) is 0 Å². The van der Waals surface area contributed by atoms with Crippen LogP contribution in [0.1, 0.15) is 12.8 Å². The van der Waals surface area contributed by atoms with Gasteiger partial charge in [0.25, 0.3) is 0 Å². The molecule has 2 aliphatic rings. The summed E-state index contributed by atoms with van der Waals surface area (Å²) in [5.74, 6) is 2.46. The number of hydrogen-bond acceptors (Lipinski definition) is 6. The van der Waals surface area contributed by atoms with Gasteiger partial charge in [0.05, 0.1) is 0 Å². The van der Waals surface area contributed by atoms with Crippen LogP contribution in [-0.2, 0) is 26.7 Å². The molecule has 0 aromatic carbocycles. The van der Waals surface area contributed by atoms with Gasteiger partial charge in [-0.25, -0.2) is 0 Å². The van der Waals surface area contributed by atoms with Gasteiger partial charge in [0, 0.05) is 13.1 Å². The van der Waals surface area contributed by atoms with E-state index in [0.717, 1.165) is 23.3 Å². The molecule has 6 nitrogen and oxygen atoms in total. The van der Waals surface area contributed by atoms with E-state index in [9.17, 15) is 9.59 Å². The van der Waals surface area contributed by atoms with E-state index < -0.39 is 24.0 Å². The van der Waals surface area contributed by atoms with E-state index >= 15 is 0 Å². The van der Waals surface area contributed by atoms with Gasteiger partial charge in [-0.3, -0.25) is 9.59 Å². The van der Waals surface area contributed by atoms with Crippen LogP contribution in [0, 0.1) is 63.2 Å². The predicted octanol–water partition coefficient (Wildman–Crippen LogP) is 2.37. The zero-order valence-corrected chi connectivity index (χ0v) is 20.6. The number of thioether (sulfide) groups is 2. The fourth-order valence-corrected chi connectivity index (χ4v) is 3.59. The summed E-state index contributed by atoms with van der Waals surface area (Å²) in [7, 11) is 0. The number of hydrogen-bond donors (Lipinski definition) is 4. The van der Waals surface area contributed by atoms with E-state index in [-0.39, 0.29) is 17.1 Å². The van der Waals surface area contributed by atoms with Gasteiger partial charge in [0.1, 0.15) is 12.1 Å². The smallest absolute Gasteiger partial charge is 0.480 e. The fourth-order valence-electron chi connectivity index (χ4n) is 2.64. The second kappa shape index (κ2) is 19.5. The van der Waals surface area contributed by atoms with Gasteiger partial charge in [-0.2, -0.15) is 23.5 Å². The molecule has 2 saturated carbocycles. The fraction of sp³-hybridized carbons (Fsp3) is 0.455. The summed E-state index contributed by atoms with van der Waals surface area (Å²) in [4.78, 5) is 21.8. The number of rotatable bonds is 14. The molecule has 31 heavy (non-hydrogen) atoms. The Bertz CT molecular complexity index is 434. The van der Waals surface area contributed by atoms with Crippen LogP contribution in [0.4, 0.5) is 0 Å². The SMILES string of the molecule is CSCC[C@H](NC[C]1[CH][CH][CH][CH]1)C(=O)O.CSCC[C@H](NC[C]1[CH][CH][CH][CH]1)C(=O)O.[Fe+2]. The quantitative estimate of drug-likeness (QED) is 0.266. The normalized spacial score (nSPS) is 18.6. The Hall–Kier alpha value is 0.0795. The second-order valence-electron chi connectivity index (χ2n) is 6.69. The molecule has 2 atom stereocenters. The molecule has 0 aromatic rings. The van der Waals surface area contributed by atoms with E-state index in [1.54, 1.807) is 23.5 Å². The van der Waals surface area contributed by atoms with Crippen molar-refractivity contribution in [1.82, 2.24) is 10.6 Å². The predicted molar refractivity (Wildman–Crippen MR) is 126 cm³/mol. The third kappa shape index (κ3) is 14.8. The molecule has 2 rings (SSSR count). The average molecular weight is 508 g/mol. The first-order chi connectivity index (χ1) is 14.5. The molecule has 0 bridgehead atoms. The zero-order chi connectivity index (χ0) is 22.2. The van der Waals surface area contributed by atoms with Crippen LogP contribution >= 0.6 is 23.5 Å². The van der Waals surface area contributed by atoms with E-state index in [0.29, 0.717) is 25.9 Å². The molecule has 0 amide bonds. The van der Waals surface area contributed by atoms with Crippen molar-refractivity contribution in [2.75, 3.05) is 37.1 Å². The molecule has 0 unspecified atom stereocenters. The second-order valence-corrected chi connectivity index (χ2v) is 8.66. The Morgan fingerprint density at radius 3 is 1.35 bits per heavy atom. The topological polar surface area (TPSA) is 98.7 Å². The molecule has 2 aliphatic carbocycles. The molecular formula is C22H32FeN2O4S2+2. The molecule has 4 N–H and O–H groups in total. The summed E-state index contributed by atoms with van der Waals surface area (Å²) in [5.41, 5.74) is 0. The van der Waals surface area contributed by atoms with Crippen molar-refractivity contribution in [2.45, 2.75) is 24.9 Å². The molecule has 9 heteroatoms. The van der Waals surface area contributed by atoms with Crippen molar-refractivity contribution in [1.29, 1.82) is 0 Å². The van der Waals surface area contributed by atoms with Crippen LogP contribution in [0.5, 0.6) is 0 Å². The Balaban J connectivity index is 0.000000562. The maximum absolute atomic E-state index is 10.9. The van der Waals surface area contributed by atoms with E-state index in [4.69, 9.17) is 10.2 Å². The molecular weight excluding hydrogens is 476 g/mol. The third-order valence-electron chi connectivity index (χ3n) is 4.39. The summed E-state index contributed by atoms with van der Waals surface area (Å²) >= 11 is 3.33. The van der Waals surface area contributed by atoms with Crippen molar-refractivity contribution >= 4 is 35.5 Å². The van der Waals surface area contributed by atoms with Gasteiger partial charge in [0.2, 0.25) is 0 Å². The van der Waals surface area contributed by atoms with Crippen LogP contribution in [0.25, 0.3) is 0 Å². The van der Waals surface area contributed by atoms with Gasteiger partial charge >= 0.3 is 29.0 Å². The molecule has 0 spiro atoms. The van der Waals surface area contributed by atoms with E-state index in [1.807, 2.05) is 63.9 Å². The van der Waals surface area contributed by atoms with Crippen molar-refractivity contribution in [2.24, 2.45) is 0 Å². The Morgan fingerprint density at radius 2 is 1.10 bits per heavy atom. The molecule has 0 aromatic heterocycles. The zero-order valence-electron chi connectivity index (χ0n) is 17.9. The average Bonchev–Trinajstić information content (AvgIpc) is 3.42. The minimum Gasteiger partial charge on any atom is -0.480 e. The first-order valence-corrected chi connectivity index (χ1v) is 12.6. The number of carboxylic acids is 2. The third-order valence-corrected chi connectivity index (χ3v) is 5.67. The van der Waals surface area contributed by atoms with Gasteiger partial charge in [0.15, 0.2) is 0 Å². The van der Waals surface area contributed by atoms with Crippen LogP contribution in [0.3, 0.4) is 0 Å². The summed E-state index contributed by atoms with van der Waals surface area (Å²) in [5, 5.41) is 24.0. The standard InChI is InChI=1S/2C11H16NO2S.Fe/c2*1-15-7-6-10(11(13)14)12-8-9-4-2-3-5-9;/h2*2-5,10,12H,6-8H2,1H3,(H,13,14);/q;;+2/t2*10-;/m00./s1. The monoisotopic (exact) mass is 508 g/mol. The van der Waals surface area contributed by atoms with Gasteiger partial charge in [-0.1, -0.05) is 0 Å². The molecule has 0 aliphatic heterocycles. The van der Waals surface area contributed by atoms with Crippen molar-refractivity contribution < 1.29 is 36.9 Å². The molecule has 10 radical (unpaired) electrons. The maximum Gasteiger partial charge on any atom is 2.00 e. The Labute approximate surface area is 207 Å². The van der Waals surface area contributed by atoms with Crippen LogP contribution in [0.2, 0.25) is 0 Å². The minimum atomic E-state index is -0.768. The van der Waals surface area contributed by atoms with Gasteiger partial charge in [-0.05, 0) is 100 Å². The van der Waals surface area contributed by atoms with Gasteiger partial charge < -0.3 is 20.8 Å². The summed E-state index contributed by atoms with van der Waals surface area (Å²) in [6.07, 6.45) is 21.1.